The molecule has 0 saturated heterocycles. The summed E-state index contributed by atoms with van der Waals surface area (Å²) in [5.41, 5.74) is 2.63. The lowest BCUT2D eigenvalue weighted by Gasteiger charge is -2.19. The number of carbonyl (C=O) groups excluding carboxylic acids is 1. The van der Waals surface area contributed by atoms with E-state index in [4.69, 9.17) is 21.1 Å². The van der Waals surface area contributed by atoms with Crippen LogP contribution < -0.4 is 14.8 Å². The summed E-state index contributed by atoms with van der Waals surface area (Å²) in [6.45, 7) is 2.85. The van der Waals surface area contributed by atoms with Crippen molar-refractivity contribution in [2.24, 2.45) is 0 Å². The summed E-state index contributed by atoms with van der Waals surface area (Å²) in [6.07, 6.45) is 6.62. The zero-order chi connectivity index (χ0) is 20.2. The van der Waals surface area contributed by atoms with E-state index in [9.17, 15) is 4.79 Å². The van der Waals surface area contributed by atoms with Gasteiger partial charge in [-0.2, -0.15) is 0 Å². The van der Waals surface area contributed by atoms with E-state index in [1.54, 1.807) is 30.6 Å². The van der Waals surface area contributed by atoms with Crippen molar-refractivity contribution in [3.63, 3.8) is 0 Å². The van der Waals surface area contributed by atoms with Crippen LogP contribution in [0.2, 0.25) is 5.02 Å². The highest BCUT2D eigenvalue weighted by atomic mass is 35.5. The molecule has 1 unspecified atom stereocenters. The molecule has 0 aliphatic carbocycles. The number of halogens is 1. The van der Waals surface area contributed by atoms with E-state index in [-0.39, 0.29) is 11.9 Å². The zero-order valence-corrected chi connectivity index (χ0v) is 17.2. The summed E-state index contributed by atoms with van der Waals surface area (Å²) < 4.78 is 11.1. The molecule has 6 nitrogen and oxygen atoms in total. The molecule has 4 rings (SSSR count). The van der Waals surface area contributed by atoms with Crippen LogP contribution in [0.1, 0.15) is 23.5 Å². The highest BCUT2D eigenvalue weighted by molar-refractivity contribution is 7.10. The second-order valence-electron chi connectivity index (χ2n) is 6.40. The molecule has 0 spiro atoms. The molecular weight excluding hydrogens is 410 g/mol. The number of carbonyl (C=O) groups is 1. The average Bonchev–Trinajstić information content (AvgIpc) is 3.23. The Kier molecular flexibility index (Phi) is 5.78. The van der Waals surface area contributed by atoms with Crippen LogP contribution in [0.15, 0.2) is 48.1 Å². The fourth-order valence-electron chi connectivity index (χ4n) is 2.86. The molecule has 0 bridgehead atoms. The van der Waals surface area contributed by atoms with Gasteiger partial charge in [0.1, 0.15) is 18.2 Å². The van der Waals surface area contributed by atoms with Gasteiger partial charge in [0.2, 0.25) is 5.91 Å². The monoisotopic (exact) mass is 427 g/mol. The maximum atomic E-state index is 12.3. The van der Waals surface area contributed by atoms with Crippen molar-refractivity contribution in [1.82, 2.24) is 15.3 Å². The van der Waals surface area contributed by atoms with Gasteiger partial charge in [-0.15, -0.1) is 11.3 Å². The van der Waals surface area contributed by atoms with Crippen LogP contribution in [0, 0.1) is 0 Å². The average molecular weight is 428 g/mol. The van der Waals surface area contributed by atoms with Crippen molar-refractivity contribution in [2.75, 3.05) is 13.2 Å². The van der Waals surface area contributed by atoms with E-state index in [1.807, 2.05) is 24.4 Å². The molecule has 0 saturated carbocycles. The van der Waals surface area contributed by atoms with Gasteiger partial charge in [0.25, 0.3) is 0 Å². The molecular formula is C21H18ClN3O3S. The number of benzene rings is 1. The number of ether oxygens (including phenoxy) is 2. The van der Waals surface area contributed by atoms with Crippen molar-refractivity contribution >= 4 is 34.9 Å². The van der Waals surface area contributed by atoms with Crippen LogP contribution in [-0.4, -0.2) is 29.1 Å². The molecule has 0 fully saturated rings. The Morgan fingerprint density at radius 1 is 1.28 bits per heavy atom. The first-order valence-corrected chi connectivity index (χ1v) is 10.3. The Hall–Kier alpha value is -2.90. The first kappa shape index (κ1) is 19.4. The Labute approximate surface area is 177 Å². The van der Waals surface area contributed by atoms with Gasteiger partial charge in [-0.3, -0.25) is 9.78 Å². The topological polar surface area (TPSA) is 73.3 Å². The summed E-state index contributed by atoms with van der Waals surface area (Å²) in [5.74, 6) is 0.912. The third-order valence-corrected chi connectivity index (χ3v) is 5.58. The SMILES string of the molecule is CC(NC(=O)C=Cc1cc(Cl)c2c(c1)OCCO2)c1nc(-c2ccncc2)cs1. The molecule has 29 heavy (non-hydrogen) atoms. The molecule has 148 valence electrons. The highest BCUT2D eigenvalue weighted by Gasteiger charge is 2.16. The second kappa shape index (κ2) is 8.63. The fourth-order valence-corrected chi connectivity index (χ4v) is 3.97. The summed E-state index contributed by atoms with van der Waals surface area (Å²) in [6, 6.07) is 7.14. The maximum Gasteiger partial charge on any atom is 0.244 e. The number of pyridine rings is 1. The molecule has 2 aromatic heterocycles. The predicted molar refractivity (Wildman–Crippen MR) is 113 cm³/mol. The minimum absolute atomic E-state index is 0.211. The van der Waals surface area contributed by atoms with Crippen molar-refractivity contribution < 1.29 is 14.3 Å². The number of rotatable bonds is 5. The quantitative estimate of drug-likeness (QED) is 0.606. The minimum Gasteiger partial charge on any atom is -0.486 e. The third kappa shape index (κ3) is 4.58. The van der Waals surface area contributed by atoms with Crippen LogP contribution >= 0.6 is 22.9 Å². The van der Waals surface area contributed by atoms with Crippen LogP contribution in [0.5, 0.6) is 11.5 Å². The van der Waals surface area contributed by atoms with Crippen molar-refractivity contribution in [3.05, 3.63) is 63.7 Å². The first-order chi connectivity index (χ1) is 14.1. The molecule has 1 aliphatic rings. The summed E-state index contributed by atoms with van der Waals surface area (Å²) in [7, 11) is 0. The van der Waals surface area contributed by atoms with E-state index in [0.29, 0.717) is 29.7 Å². The van der Waals surface area contributed by atoms with Gasteiger partial charge in [0.15, 0.2) is 11.5 Å². The Balaban J connectivity index is 1.41. The lowest BCUT2D eigenvalue weighted by atomic mass is 10.1. The van der Waals surface area contributed by atoms with Crippen LogP contribution in [-0.2, 0) is 4.79 Å². The van der Waals surface area contributed by atoms with Gasteiger partial charge >= 0.3 is 0 Å². The molecule has 3 heterocycles. The number of amides is 1. The summed E-state index contributed by atoms with van der Waals surface area (Å²) in [5, 5.41) is 6.20. The van der Waals surface area contributed by atoms with E-state index in [0.717, 1.165) is 21.8 Å². The lowest BCUT2D eigenvalue weighted by Crippen LogP contribution is -2.24. The lowest BCUT2D eigenvalue weighted by molar-refractivity contribution is -0.117. The van der Waals surface area contributed by atoms with Gasteiger partial charge in [0.05, 0.1) is 16.8 Å². The molecule has 1 atom stereocenters. The summed E-state index contributed by atoms with van der Waals surface area (Å²) >= 11 is 7.74. The van der Waals surface area contributed by atoms with E-state index in [1.165, 1.54) is 17.4 Å². The second-order valence-corrected chi connectivity index (χ2v) is 7.69. The summed E-state index contributed by atoms with van der Waals surface area (Å²) in [4.78, 5) is 21.0. The van der Waals surface area contributed by atoms with Crippen molar-refractivity contribution in [1.29, 1.82) is 0 Å². The van der Waals surface area contributed by atoms with Gasteiger partial charge < -0.3 is 14.8 Å². The molecule has 1 aliphatic heterocycles. The Morgan fingerprint density at radius 2 is 2.07 bits per heavy atom. The number of aromatic nitrogens is 2. The molecule has 1 N–H and O–H groups in total. The predicted octanol–water partition coefficient (Wildman–Crippen LogP) is 4.52. The van der Waals surface area contributed by atoms with Crippen LogP contribution in [0.25, 0.3) is 17.3 Å². The van der Waals surface area contributed by atoms with Crippen LogP contribution in [0.3, 0.4) is 0 Å². The largest absolute Gasteiger partial charge is 0.486 e. The first-order valence-electron chi connectivity index (χ1n) is 9.03. The normalized spacial score (nSPS) is 14.0. The number of hydrogen-bond acceptors (Lipinski definition) is 6. The van der Waals surface area contributed by atoms with Gasteiger partial charge in [-0.1, -0.05) is 11.6 Å². The van der Waals surface area contributed by atoms with E-state index in [2.05, 4.69) is 15.3 Å². The molecule has 1 amide bonds. The zero-order valence-electron chi connectivity index (χ0n) is 15.6. The molecule has 1 aromatic carbocycles. The Bertz CT molecular complexity index is 1050. The van der Waals surface area contributed by atoms with Gasteiger partial charge in [0, 0.05) is 29.4 Å². The van der Waals surface area contributed by atoms with Gasteiger partial charge in [-0.25, -0.2) is 4.98 Å². The fraction of sp³-hybridized carbons (Fsp3) is 0.190. The number of nitrogens with zero attached hydrogens (tertiary/aromatic N) is 2. The van der Waals surface area contributed by atoms with Crippen LogP contribution in [0.4, 0.5) is 0 Å². The number of fused-ring (bicyclic) bond motifs is 1. The standard InChI is InChI=1S/C21H18ClN3O3S/c1-13(21-25-17(12-29-21)15-4-6-23-7-5-15)24-19(26)3-2-14-10-16(22)20-18(11-14)27-8-9-28-20/h2-7,10-13H,8-9H2,1H3,(H,24,26). The molecule has 0 radical (unpaired) electrons. The minimum atomic E-state index is -0.218. The number of nitrogens with one attached hydrogen (secondary N) is 1. The van der Waals surface area contributed by atoms with Crippen molar-refractivity contribution in [3.8, 4) is 22.8 Å². The van der Waals surface area contributed by atoms with Crippen molar-refractivity contribution in [2.45, 2.75) is 13.0 Å². The number of thiazole rings is 1. The van der Waals surface area contributed by atoms with E-state index < -0.39 is 0 Å². The maximum absolute atomic E-state index is 12.3. The highest BCUT2D eigenvalue weighted by Crippen LogP contribution is 2.38. The third-order valence-electron chi connectivity index (χ3n) is 4.27. The number of hydrogen-bond donors (Lipinski definition) is 1. The van der Waals surface area contributed by atoms with Gasteiger partial charge in [-0.05, 0) is 42.8 Å². The molecule has 8 heteroatoms. The van der Waals surface area contributed by atoms with E-state index >= 15 is 0 Å². The smallest absolute Gasteiger partial charge is 0.244 e. The molecule has 3 aromatic rings. The Morgan fingerprint density at radius 3 is 2.90 bits per heavy atom.